The summed E-state index contributed by atoms with van der Waals surface area (Å²) in [7, 11) is 0. The molecule has 0 amide bonds. The number of hydrogen-bond acceptors (Lipinski definition) is 3. The van der Waals surface area contributed by atoms with Crippen LogP contribution in [0.1, 0.15) is 36.3 Å². The molecule has 1 heterocycles. The molecule has 23 heavy (non-hydrogen) atoms. The lowest BCUT2D eigenvalue weighted by Gasteiger charge is -2.02. The summed E-state index contributed by atoms with van der Waals surface area (Å²) in [6.07, 6.45) is 0. The van der Waals surface area contributed by atoms with Gasteiger partial charge in [0.25, 0.3) is 0 Å². The molecule has 0 saturated heterocycles. The third-order valence-corrected chi connectivity index (χ3v) is 3.45. The van der Waals surface area contributed by atoms with Crippen LogP contribution in [0.4, 0.5) is 0 Å². The molecule has 3 heteroatoms. The van der Waals surface area contributed by atoms with Crippen molar-refractivity contribution in [3.05, 3.63) is 71.0 Å². The van der Waals surface area contributed by atoms with Crippen molar-refractivity contribution in [2.24, 2.45) is 0 Å². The van der Waals surface area contributed by atoms with Gasteiger partial charge in [0.1, 0.15) is 18.0 Å². The van der Waals surface area contributed by atoms with Crippen molar-refractivity contribution < 1.29 is 14.3 Å². The smallest absolute Gasteiger partial charge is 0.137 e. The first-order chi connectivity index (χ1) is 11.3. The average Bonchev–Trinajstić information content (AvgIpc) is 3.01. The minimum Gasteiger partial charge on any atom is -0.458 e. The molecule has 0 bridgehead atoms. The van der Waals surface area contributed by atoms with E-state index in [4.69, 9.17) is 9.15 Å². The summed E-state index contributed by atoms with van der Waals surface area (Å²) in [4.78, 5) is 0. The van der Waals surface area contributed by atoms with Crippen LogP contribution in [0.2, 0.25) is 0 Å². The Morgan fingerprint density at radius 1 is 0.957 bits per heavy atom. The number of aliphatic hydroxyl groups excluding tert-OH is 1. The lowest BCUT2D eigenvalue weighted by molar-refractivity contribution is 0.0940. The topological polar surface area (TPSA) is 42.6 Å². The Morgan fingerprint density at radius 2 is 1.70 bits per heavy atom. The van der Waals surface area contributed by atoms with Gasteiger partial charge in [-0.3, -0.25) is 0 Å². The molecule has 0 radical (unpaired) electrons. The highest BCUT2D eigenvalue weighted by molar-refractivity contribution is 5.81. The number of ether oxygens (including phenoxy) is 1. The number of furan rings is 1. The molecule has 2 aromatic carbocycles. The lowest BCUT2D eigenvalue weighted by Crippen LogP contribution is -1.92. The SMILES string of the molecule is CC.Cc1cc(CO)cc2cc(COCc3ccccc3)oc12. The number of aryl methyl sites for hydroxylation is 1. The molecule has 0 saturated carbocycles. The van der Waals surface area contributed by atoms with Crippen molar-refractivity contribution in [2.75, 3.05) is 0 Å². The molecule has 0 unspecified atom stereocenters. The number of aliphatic hydroxyl groups is 1. The first kappa shape index (κ1) is 17.3. The summed E-state index contributed by atoms with van der Waals surface area (Å²) in [5.74, 6) is 0.805. The fourth-order valence-electron chi connectivity index (χ4n) is 2.47. The first-order valence-corrected chi connectivity index (χ1v) is 8.01. The van der Waals surface area contributed by atoms with E-state index >= 15 is 0 Å². The molecule has 1 aromatic heterocycles. The molecule has 3 nitrogen and oxygen atoms in total. The number of rotatable bonds is 5. The Hall–Kier alpha value is -2.10. The monoisotopic (exact) mass is 312 g/mol. The summed E-state index contributed by atoms with van der Waals surface area (Å²) < 4.78 is 11.5. The fourth-order valence-corrected chi connectivity index (χ4v) is 2.47. The molecule has 0 atom stereocenters. The van der Waals surface area contributed by atoms with Gasteiger partial charge in [-0.15, -0.1) is 0 Å². The number of fused-ring (bicyclic) bond motifs is 1. The normalized spacial score (nSPS) is 10.4. The summed E-state index contributed by atoms with van der Waals surface area (Å²) >= 11 is 0. The number of benzene rings is 2. The second-order valence-electron chi connectivity index (χ2n) is 5.18. The van der Waals surface area contributed by atoms with E-state index in [-0.39, 0.29) is 6.61 Å². The van der Waals surface area contributed by atoms with Crippen LogP contribution in [0.25, 0.3) is 11.0 Å². The van der Waals surface area contributed by atoms with E-state index in [1.807, 2.05) is 69.3 Å². The molecule has 1 N–H and O–H groups in total. The van der Waals surface area contributed by atoms with E-state index < -0.39 is 0 Å². The van der Waals surface area contributed by atoms with Crippen molar-refractivity contribution in [3.63, 3.8) is 0 Å². The van der Waals surface area contributed by atoms with Gasteiger partial charge in [0.15, 0.2) is 0 Å². The van der Waals surface area contributed by atoms with Gasteiger partial charge in [-0.1, -0.05) is 50.2 Å². The lowest BCUT2D eigenvalue weighted by atomic mass is 10.1. The summed E-state index contributed by atoms with van der Waals surface area (Å²) in [5, 5.41) is 10.3. The molecule has 122 valence electrons. The second kappa shape index (κ2) is 8.51. The standard InChI is InChI=1S/C18H18O3.C2H6/c1-13-7-15(10-19)8-16-9-17(21-18(13)16)12-20-11-14-5-3-2-4-6-14;1-2/h2-9,19H,10-12H2,1H3;1-2H3. The summed E-state index contributed by atoms with van der Waals surface area (Å²) in [6.45, 7) is 7.04. The predicted molar refractivity (Wildman–Crippen MR) is 93.2 cm³/mol. The minimum absolute atomic E-state index is 0.0435. The zero-order valence-corrected chi connectivity index (χ0v) is 14.0. The van der Waals surface area contributed by atoms with E-state index in [9.17, 15) is 5.11 Å². The van der Waals surface area contributed by atoms with E-state index in [2.05, 4.69) is 0 Å². The van der Waals surface area contributed by atoms with Gasteiger partial charge in [-0.2, -0.15) is 0 Å². The zero-order valence-electron chi connectivity index (χ0n) is 14.0. The Morgan fingerprint density at radius 3 is 2.39 bits per heavy atom. The van der Waals surface area contributed by atoms with Crippen LogP contribution in [-0.2, 0) is 24.6 Å². The van der Waals surface area contributed by atoms with Gasteiger partial charge in [0, 0.05) is 5.39 Å². The highest BCUT2D eigenvalue weighted by Gasteiger charge is 2.08. The van der Waals surface area contributed by atoms with Gasteiger partial charge >= 0.3 is 0 Å². The van der Waals surface area contributed by atoms with Crippen LogP contribution in [0, 0.1) is 6.92 Å². The van der Waals surface area contributed by atoms with Crippen LogP contribution in [0.5, 0.6) is 0 Å². The van der Waals surface area contributed by atoms with Gasteiger partial charge in [0.05, 0.1) is 13.2 Å². The second-order valence-corrected chi connectivity index (χ2v) is 5.18. The third-order valence-electron chi connectivity index (χ3n) is 3.45. The van der Waals surface area contributed by atoms with Gasteiger partial charge in [-0.05, 0) is 35.7 Å². The summed E-state index contributed by atoms with van der Waals surface area (Å²) in [5.41, 5.74) is 3.95. The molecular formula is C20H24O3. The Bertz CT molecular complexity index is 729. The molecule has 0 aliphatic rings. The van der Waals surface area contributed by atoms with Crippen molar-refractivity contribution in [1.29, 1.82) is 0 Å². The maximum atomic E-state index is 9.24. The van der Waals surface area contributed by atoms with Crippen LogP contribution in [0.3, 0.4) is 0 Å². The van der Waals surface area contributed by atoms with Crippen LogP contribution >= 0.6 is 0 Å². The van der Waals surface area contributed by atoms with Crippen molar-refractivity contribution in [2.45, 2.75) is 40.6 Å². The minimum atomic E-state index is 0.0435. The van der Waals surface area contributed by atoms with Gasteiger partial charge in [-0.25, -0.2) is 0 Å². The van der Waals surface area contributed by atoms with Gasteiger partial charge < -0.3 is 14.3 Å². The third kappa shape index (κ3) is 4.44. The van der Waals surface area contributed by atoms with Crippen LogP contribution < -0.4 is 0 Å². The predicted octanol–water partition coefficient (Wildman–Crippen LogP) is 4.98. The Balaban J connectivity index is 0.000000924. The zero-order chi connectivity index (χ0) is 16.7. The molecule has 0 aliphatic heterocycles. The molecular weight excluding hydrogens is 288 g/mol. The van der Waals surface area contributed by atoms with Crippen molar-refractivity contribution in [3.8, 4) is 0 Å². The highest BCUT2D eigenvalue weighted by Crippen LogP contribution is 2.25. The van der Waals surface area contributed by atoms with E-state index in [0.717, 1.165) is 33.4 Å². The average molecular weight is 312 g/mol. The largest absolute Gasteiger partial charge is 0.458 e. The van der Waals surface area contributed by atoms with E-state index in [0.29, 0.717) is 13.2 Å². The molecule has 0 spiro atoms. The summed E-state index contributed by atoms with van der Waals surface area (Å²) in [6, 6.07) is 15.9. The van der Waals surface area contributed by atoms with E-state index in [1.165, 1.54) is 0 Å². The maximum absolute atomic E-state index is 9.24. The molecule has 0 fully saturated rings. The van der Waals surface area contributed by atoms with Crippen LogP contribution in [0.15, 0.2) is 52.9 Å². The highest BCUT2D eigenvalue weighted by atomic mass is 16.5. The van der Waals surface area contributed by atoms with Crippen molar-refractivity contribution in [1.82, 2.24) is 0 Å². The Labute approximate surface area is 137 Å². The molecule has 3 rings (SSSR count). The molecule has 3 aromatic rings. The van der Waals surface area contributed by atoms with Crippen molar-refractivity contribution >= 4 is 11.0 Å². The Kier molecular flexibility index (Phi) is 6.39. The first-order valence-electron chi connectivity index (χ1n) is 8.01. The fraction of sp³-hybridized carbons (Fsp3) is 0.300. The van der Waals surface area contributed by atoms with E-state index in [1.54, 1.807) is 0 Å². The quantitative estimate of drug-likeness (QED) is 0.722. The maximum Gasteiger partial charge on any atom is 0.137 e. The molecule has 0 aliphatic carbocycles. The van der Waals surface area contributed by atoms with Gasteiger partial charge in [0.2, 0.25) is 0 Å². The van der Waals surface area contributed by atoms with Crippen LogP contribution in [-0.4, -0.2) is 5.11 Å². The number of hydrogen-bond donors (Lipinski definition) is 1.